The number of amides is 2. The van der Waals surface area contributed by atoms with Crippen LogP contribution in [0.1, 0.15) is 32.1 Å². The molecule has 2 saturated carbocycles. The van der Waals surface area contributed by atoms with Crippen LogP contribution in [0.2, 0.25) is 0 Å². The van der Waals surface area contributed by atoms with Crippen LogP contribution in [0.4, 0.5) is 0 Å². The van der Waals surface area contributed by atoms with E-state index in [0.717, 1.165) is 32.1 Å². The molecule has 88 valence electrons. The molecule has 0 spiro atoms. The summed E-state index contributed by atoms with van der Waals surface area (Å²) in [5, 5.41) is 9.39. The minimum absolute atomic E-state index is 0.0293. The lowest BCUT2D eigenvalue weighted by Crippen LogP contribution is -2.38. The van der Waals surface area contributed by atoms with Crippen LogP contribution in [-0.4, -0.2) is 34.5 Å². The number of carbonyl (C=O) groups is 2. The van der Waals surface area contributed by atoms with Crippen LogP contribution < -0.4 is 0 Å². The molecule has 0 bridgehead atoms. The van der Waals surface area contributed by atoms with Gasteiger partial charge < -0.3 is 5.11 Å². The molecule has 0 radical (unpaired) electrons. The van der Waals surface area contributed by atoms with Gasteiger partial charge in [0, 0.05) is 6.54 Å². The Bertz CT molecular complexity index is 313. The average Bonchev–Trinajstić information content (AvgIpc) is 3.02. The molecule has 3 aliphatic rings. The Balaban J connectivity index is 1.59. The summed E-state index contributed by atoms with van der Waals surface area (Å²) >= 11 is 0. The zero-order valence-electron chi connectivity index (χ0n) is 9.26. The molecule has 1 saturated heterocycles. The van der Waals surface area contributed by atoms with Gasteiger partial charge in [-0.2, -0.15) is 0 Å². The van der Waals surface area contributed by atoms with E-state index in [9.17, 15) is 14.7 Å². The first-order valence-corrected chi connectivity index (χ1v) is 6.20. The van der Waals surface area contributed by atoms with E-state index in [1.54, 1.807) is 0 Å². The summed E-state index contributed by atoms with van der Waals surface area (Å²) in [5.74, 6) is 0.583. The molecule has 0 aromatic rings. The van der Waals surface area contributed by atoms with Crippen LogP contribution in [0.15, 0.2) is 0 Å². The fraction of sp³-hybridized carbons (Fsp3) is 0.833. The van der Waals surface area contributed by atoms with Gasteiger partial charge in [0.05, 0.1) is 17.9 Å². The lowest BCUT2D eigenvalue weighted by molar-refractivity contribution is -0.142. The number of likely N-dealkylation sites (tertiary alicyclic amines) is 1. The maximum absolute atomic E-state index is 11.8. The normalized spacial score (nSPS) is 42.4. The molecule has 16 heavy (non-hydrogen) atoms. The van der Waals surface area contributed by atoms with Crippen molar-refractivity contribution in [2.24, 2.45) is 17.8 Å². The summed E-state index contributed by atoms with van der Waals surface area (Å²) in [5.41, 5.74) is 0. The Kier molecular flexibility index (Phi) is 2.28. The van der Waals surface area contributed by atoms with E-state index >= 15 is 0 Å². The number of hydrogen-bond acceptors (Lipinski definition) is 3. The Morgan fingerprint density at radius 1 is 1.06 bits per heavy atom. The smallest absolute Gasteiger partial charge is 0.233 e. The van der Waals surface area contributed by atoms with Gasteiger partial charge in [0.1, 0.15) is 0 Å². The van der Waals surface area contributed by atoms with E-state index < -0.39 is 0 Å². The van der Waals surface area contributed by atoms with Crippen molar-refractivity contribution >= 4 is 11.8 Å². The molecule has 1 heterocycles. The monoisotopic (exact) mass is 223 g/mol. The van der Waals surface area contributed by atoms with Crippen LogP contribution >= 0.6 is 0 Å². The highest BCUT2D eigenvalue weighted by atomic mass is 16.3. The molecule has 2 amide bonds. The Labute approximate surface area is 94.6 Å². The van der Waals surface area contributed by atoms with Gasteiger partial charge >= 0.3 is 0 Å². The molecule has 0 aromatic heterocycles. The first kappa shape index (κ1) is 10.3. The van der Waals surface area contributed by atoms with Crippen molar-refractivity contribution in [1.82, 2.24) is 4.90 Å². The third-order valence-electron chi connectivity index (χ3n) is 4.21. The zero-order chi connectivity index (χ0) is 11.3. The fourth-order valence-electron chi connectivity index (χ4n) is 3.02. The second kappa shape index (κ2) is 3.55. The average molecular weight is 223 g/mol. The molecule has 2 unspecified atom stereocenters. The highest BCUT2D eigenvalue weighted by Crippen LogP contribution is 2.47. The second-order valence-electron chi connectivity index (χ2n) is 5.41. The number of aliphatic hydroxyl groups is 1. The largest absolute Gasteiger partial charge is 0.393 e. The summed E-state index contributed by atoms with van der Waals surface area (Å²) in [4.78, 5) is 25.0. The molecule has 3 fully saturated rings. The zero-order valence-corrected chi connectivity index (χ0v) is 9.26. The quantitative estimate of drug-likeness (QED) is 0.695. The molecule has 4 heteroatoms. The lowest BCUT2D eigenvalue weighted by Gasteiger charge is -2.28. The Morgan fingerprint density at radius 2 is 1.62 bits per heavy atom. The molecular formula is C12H17NO3. The molecule has 0 aromatic carbocycles. The minimum Gasteiger partial charge on any atom is -0.393 e. The first-order valence-electron chi connectivity index (χ1n) is 6.20. The van der Waals surface area contributed by atoms with Crippen molar-refractivity contribution in [2.75, 3.05) is 6.54 Å². The standard InChI is InChI=1S/C12H17NO3/c14-8-3-1-7(2-4-8)6-13-11(15)9-5-10(9)12(13)16/h7-10,14H,1-6H2. The minimum atomic E-state index is -0.172. The molecule has 1 aliphatic heterocycles. The van der Waals surface area contributed by atoms with Crippen LogP contribution in [0, 0.1) is 17.8 Å². The van der Waals surface area contributed by atoms with E-state index in [2.05, 4.69) is 0 Å². The van der Waals surface area contributed by atoms with Crippen LogP contribution in [0.3, 0.4) is 0 Å². The Morgan fingerprint density at radius 3 is 2.19 bits per heavy atom. The molecule has 3 rings (SSSR count). The third-order valence-corrected chi connectivity index (χ3v) is 4.21. The highest BCUT2D eigenvalue weighted by molar-refractivity contribution is 6.08. The third kappa shape index (κ3) is 1.56. The van der Waals surface area contributed by atoms with Crippen molar-refractivity contribution in [3.05, 3.63) is 0 Å². The van der Waals surface area contributed by atoms with E-state index in [4.69, 9.17) is 0 Å². The second-order valence-corrected chi connectivity index (χ2v) is 5.41. The summed E-state index contributed by atoms with van der Waals surface area (Å²) in [7, 11) is 0. The molecule has 4 nitrogen and oxygen atoms in total. The molecule has 2 atom stereocenters. The number of hydrogen-bond donors (Lipinski definition) is 1. The predicted molar refractivity (Wildman–Crippen MR) is 56.3 cm³/mol. The number of nitrogens with zero attached hydrogens (tertiary/aromatic N) is 1. The van der Waals surface area contributed by atoms with Gasteiger partial charge in [-0.3, -0.25) is 14.5 Å². The number of rotatable bonds is 2. The van der Waals surface area contributed by atoms with E-state index in [1.807, 2.05) is 0 Å². The van der Waals surface area contributed by atoms with Gasteiger partial charge in [0.15, 0.2) is 0 Å². The number of piperidine rings is 1. The van der Waals surface area contributed by atoms with Gasteiger partial charge in [0.2, 0.25) is 11.8 Å². The predicted octanol–water partition coefficient (Wildman–Crippen LogP) is 0.542. The van der Waals surface area contributed by atoms with Gasteiger partial charge in [0.25, 0.3) is 0 Å². The maximum atomic E-state index is 11.8. The lowest BCUT2D eigenvalue weighted by atomic mass is 9.87. The Hall–Kier alpha value is -0.900. The van der Waals surface area contributed by atoms with Crippen molar-refractivity contribution in [3.8, 4) is 0 Å². The van der Waals surface area contributed by atoms with Crippen molar-refractivity contribution < 1.29 is 14.7 Å². The van der Waals surface area contributed by atoms with Gasteiger partial charge in [-0.1, -0.05) is 0 Å². The van der Waals surface area contributed by atoms with E-state index in [1.165, 1.54) is 4.90 Å². The van der Waals surface area contributed by atoms with Crippen LogP contribution in [0.25, 0.3) is 0 Å². The first-order chi connectivity index (χ1) is 7.66. The summed E-state index contributed by atoms with van der Waals surface area (Å²) in [6, 6.07) is 0. The summed E-state index contributed by atoms with van der Waals surface area (Å²) in [6.07, 6.45) is 4.12. The van der Waals surface area contributed by atoms with Crippen molar-refractivity contribution in [1.29, 1.82) is 0 Å². The van der Waals surface area contributed by atoms with Crippen LogP contribution in [0.5, 0.6) is 0 Å². The number of fused-ring (bicyclic) bond motifs is 1. The van der Waals surface area contributed by atoms with Crippen molar-refractivity contribution in [2.45, 2.75) is 38.2 Å². The fourth-order valence-corrected chi connectivity index (χ4v) is 3.02. The SMILES string of the molecule is O=C1C2CC2C(=O)N1CC1CCC(O)CC1. The maximum Gasteiger partial charge on any atom is 0.233 e. The summed E-state index contributed by atoms with van der Waals surface area (Å²) < 4.78 is 0. The number of imide groups is 1. The molecular weight excluding hydrogens is 206 g/mol. The highest BCUT2D eigenvalue weighted by Gasteiger charge is 2.58. The van der Waals surface area contributed by atoms with E-state index in [0.29, 0.717) is 12.5 Å². The van der Waals surface area contributed by atoms with Gasteiger partial charge in [-0.05, 0) is 38.0 Å². The van der Waals surface area contributed by atoms with Gasteiger partial charge in [-0.15, -0.1) is 0 Å². The molecule has 2 aliphatic carbocycles. The molecule has 1 N–H and O–H groups in total. The summed E-state index contributed by atoms with van der Waals surface area (Å²) in [6.45, 7) is 0.595. The van der Waals surface area contributed by atoms with Crippen LogP contribution in [-0.2, 0) is 9.59 Å². The van der Waals surface area contributed by atoms with Gasteiger partial charge in [-0.25, -0.2) is 0 Å². The number of carbonyl (C=O) groups excluding carboxylic acids is 2. The van der Waals surface area contributed by atoms with E-state index in [-0.39, 0.29) is 29.8 Å². The van der Waals surface area contributed by atoms with Crippen molar-refractivity contribution in [3.63, 3.8) is 0 Å². The topological polar surface area (TPSA) is 57.6 Å². The number of aliphatic hydroxyl groups excluding tert-OH is 1.